The summed E-state index contributed by atoms with van der Waals surface area (Å²) >= 11 is 5.98. The van der Waals surface area contributed by atoms with Crippen LogP contribution in [0.15, 0.2) is 23.1 Å². The van der Waals surface area contributed by atoms with Crippen LogP contribution in [0.4, 0.5) is 0 Å². The molecule has 1 aliphatic heterocycles. The van der Waals surface area contributed by atoms with Gasteiger partial charge in [0.25, 0.3) is 0 Å². The normalized spacial score (nSPS) is 23.9. The first kappa shape index (κ1) is 15.3. The van der Waals surface area contributed by atoms with E-state index < -0.39 is 21.5 Å². The summed E-state index contributed by atoms with van der Waals surface area (Å²) in [6, 6.07) is 4.69. The molecule has 1 atom stereocenters. The molecule has 5 nitrogen and oxygen atoms in total. The van der Waals surface area contributed by atoms with E-state index in [2.05, 4.69) is 0 Å². The topological polar surface area (TPSA) is 74.7 Å². The standard InChI is InChI=1S/C13H16ClNO4S/c1-9-4-5-10(14)11(8-9)20(18,19)15-7-3-6-13(15,2)12(16)17/h4-5,8H,3,6-7H2,1-2H3,(H,16,17)/t13-/m0/s1. The Morgan fingerprint density at radius 2 is 2.10 bits per heavy atom. The Labute approximate surface area is 123 Å². The fourth-order valence-electron chi connectivity index (χ4n) is 2.46. The molecule has 0 amide bonds. The Morgan fingerprint density at radius 3 is 2.70 bits per heavy atom. The van der Waals surface area contributed by atoms with Gasteiger partial charge < -0.3 is 5.11 Å². The molecule has 0 aromatic heterocycles. The van der Waals surface area contributed by atoms with Crippen LogP contribution in [-0.2, 0) is 14.8 Å². The molecule has 1 heterocycles. The molecule has 1 aliphatic rings. The van der Waals surface area contributed by atoms with Crippen LogP contribution in [0.25, 0.3) is 0 Å². The molecule has 1 N–H and O–H groups in total. The van der Waals surface area contributed by atoms with Gasteiger partial charge in [-0.1, -0.05) is 17.7 Å². The number of benzene rings is 1. The van der Waals surface area contributed by atoms with Gasteiger partial charge >= 0.3 is 5.97 Å². The summed E-state index contributed by atoms with van der Waals surface area (Å²) in [5.41, 5.74) is -0.657. The number of nitrogens with zero attached hydrogens (tertiary/aromatic N) is 1. The molecular formula is C13H16ClNO4S. The van der Waals surface area contributed by atoms with Crippen molar-refractivity contribution in [2.75, 3.05) is 6.54 Å². The molecule has 1 aromatic carbocycles. The number of halogens is 1. The zero-order valence-electron chi connectivity index (χ0n) is 11.3. The van der Waals surface area contributed by atoms with Gasteiger partial charge in [-0.25, -0.2) is 8.42 Å². The highest BCUT2D eigenvalue weighted by atomic mass is 35.5. The third-order valence-corrected chi connectivity index (χ3v) is 6.19. The molecule has 0 bridgehead atoms. The molecule has 0 aliphatic carbocycles. The minimum Gasteiger partial charge on any atom is -0.480 e. The molecular weight excluding hydrogens is 302 g/mol. The minimum atomic E-state index is -3.92. The third-order valence-electron chi connectivity index (χ3n) is 3.69. The van der Waals surface area contributed by atoms with Crippen molar-refractivity contribution in [2.45, 2.75) is 37.1 Å². The summed E-state index contributed by atoms with van der Waals surface area (Å²) in [4.78, 5) is 11.4. The van der Waals surface area contributed by atoms with Crippen molar-refractivity contribution in [1.82, 2.24) is 4.31 Å². The number of hydrogen-bond donors (Lipinski definition) is 1. The average Bonchev–Trinajstić information content (AvgIpc) is 2.76. The van der Waals surface area contributed by atoms with Gasteiger partial charge in [0.05, 0.1) is 5.02 Å². The van der Waals surface area contributed by atoms with Gasteiger partial charge in [0.15, 0.2) is 0 Å². The van der Waals surface area contributed by atoms with E-state index in [1.165, 1.54) is 19.1 Å². The lowest BCUT2D eigenvalue weighted by Gasteiger charge is -2.30. The van der Waals surface area contributed by atoms with Crippen molar-refractivity contribution in [1.29, 1.82) is 0 Å². The van der Waals surface area contributed by atoms with Crippen molar-refractivity contribution in [3.63, 3.8) is 0 Å². The number of aryl methyl sites for hydroxylation is 1. The summed E-state index contributed by atoms with van der Waals surface area (Å²) in [6.07, 6.45) is 0.816. The fraction of sp³-hybridized carbons (Fsp3) is 0.462. The Balaban J connectivity index is 2.55. The van der Waals surface area contributed by atoms with E-state index in [1.54, 1.807) is 13.0 Å². The highest BCUT2D eigenvalue weighted by Crippen LogP contribution is 2.36. The van der Waals surface area contributed by atoms with Crippen molar-refractivity contribution in [2.24, 2.45) is 0 Å². The molecule has 7 heteroatoms. The van der Waals surface area contributed by atoms with Crippen LogP contribution < -0.4 is 0 Å². The summed E-state index contributed by atoms with van der Waals surface area (Å²) in [6.45, 7) is 3.38. The molecule has 0 unspecified atom stereocenters. The van der Waals surface area contributed by atoms with Gasteiger partial charge in [-0.2, -0.15) is 4.31 Å². The van der Waals surface area contributed by atoms with Crippen LogP contribution in [0.2, 0.25) is 5.02 Å². The van der Waals surface area contributed by atoms with Crippen LogP contribution in [0.3, 0.4) is 0 Å². The largest absolute Gasteiger partial charge is 0.480 e. The van der Waals surface area contributed by atoms with Crippen molar-refractivity contribution in [3.8, 4) is 0 Å². The fourth-order valence-corrected chi connectivity index (χ4v) is 4.83. The Bertz CT molecular complexity index is 658. The lowest BCUT2D eigenvalue weighted by molar-refractivity contribution is -0.146. The van der Waals surface area contributed by atoms with Crippen molar-refractivity contribution < 1.29 is 18.3 Å². The van der Waals surface area contributed by atoms with Gasteiger partial charge in [-0.05, 0) is 44.4 Å². The van der Waals surface area contributed by atoms with E-state index >= 15 is 0 Å². The first-order valence-electron chi connectivity index (χ1n) is 6.22. The van der Waals surface area contributed by atoms with Crippen LogP contribution in [0.1, 0.15) is 25.3 Å². The molecule has 0 saturated carbocycles. The molecule has 20 heavy (non-hydrogen) atoms. The van der Waals surface area contributed by atoms with Crippen molar-refractivity contribution >= 4 is 27.6 Å². The lowest BCUT2D eigenvalue weighted by atomic mass is 10.0. The second kappa shape index (κ2) is 5.02. The number of carboxylic acids is 1. The van der Waals surface area contributed by atoms with Gasteiger partial charge in [-0.15, -0.1) is 0 Å². The Hall–Kier alpha value is -1.11. The minimum absolute atomic E-state index is 0.0338. The molecule has 0 spiro atoms. The quantitative estimate of drug-likeness (QED) is 0.928. The second-order valence-corrected chi connectivity index (χ2v) is 7.43. The highest BCUT2D eigenvalue weighted by molar-refractivity contribution is 7.89. The van der Waals surface area contributed by atoms with Gasteiger partial charge in [-0.3, -0.25) is 4.79 Å². The summed E-state index contributed by atoms with van der Waals surface area (Å²) in [7, 11) is -3.92. The van der Waals surface area contributed by atoms with Gasteiger partial charge in [0.1, 0.15) is 10.4 Å². The van der Waals surface area contributed by atoms with E-state index in [4.69, 9.17) is 11.6 Å². The summed E-state index contributed by atoms with van der Waals surface area (Å²) in [5, 5.41) is 9.44. The molecule has 110 valence electrons. The number of hydrogen-bond acceptors (Lipinski definition) is 3. The maximum Gasteiger partial charge on any atom is 0.324 e. The van der Waals surface area contributed by atoms with E-state index in [0.717, 1.165) is 9.87 Å². The van der Waals surface area contributed by atoms with E-state index in [0.29, 0.717) is 12.8 Å². The van der Waals surface area contributed by atoms with Crippen LogP contribution >= 0.6 is 11.6 Å². The van der Waals surface area contributed by atoms with Gasteiger partial charge in [0.2, 0.25) is 10.0 Å². The van der Waals surface area contributed by atoms with E-state index in [1.807, 2.05) is 0 Å². The maximum atomic E-state index is 12.7. The zero-order chi connectivity index (χ0) is 15.1. The summed E-state index contributed by atoms with van der Waals surface area (Å²) < 4.78 is 26.5. The number of rotatable bonds is 3. The number of carbonyl (C=O) groups is 1. The monoisotopic (exact) mass is 317 g/mol. The molecule has 1 aromatic rings. The third kappa shape index (κ3) is 2.32. The molecule has 1 saturated heterocycles. The van der Waals surface area contributed by atoms with E-state index in [-0.39, 0.29) is 16.5 Å². The van der Waals surface area contributed by atoms with E-state index in [9.17, 15) is 18.3 Å². The molecule has 0 radical (unpaired) electrons. The molecule has 1 fully saturated rings. The summed E-state index contributed by atoms with van der Waals surface area (Å²) in [5.74, 6) is -1.14. The Kier molecular flexibility index (Phi) is 3.83. The number of aliphatic carboxylic acids is 1. The predicted octanol–water partition coefficient (Wildman–Crippen LogP) is 2.28. The van der Waals surface area contributed by atoms with Crippen LogP contribution in [0.5, 0.6) is 0 Å². The predicted molar refractivity (Wildman–Crippen MR) is 75.4 cm³/mol. The Morgan fingerprint density at radius 1 is 1.45 bits per heavy atom. The second-order valence-electron chi connectivity index (χ2n) is 5.19. The SMILES string of the molecule is Cc1ccc(Cl)c(S(=O)(=O)N2CCC[C@@]2(C)C(=O)O)c1. The lowest BCUT2D eigenvalue weighted by Crippen LogP contribution is -2.50. The smallest absolute Gasteiger partial charge is 0.324 e. The van der Waals surface area contributed by atoms with Crippen molar-refractivity contribution in [3.05, 3.63) is 28.8 Å². The first-order valence-corrected chi connectivity index (χ1v) is 8.04. The number of sulfonamides is 1. The van der Waals surface area contributed by atoms with Crippen LogP contribution in [0, 0.1) is 6.92 Å². The average molecular weight is 318 g/mol. The first-order chi connectivity index (χ1) is 9.19. The maximum absolute atomic E-state index is 12.7. The van der Waals surface area contributed by atoms with Crippen LogP contribution in [-0.4, -0.2) is 35.9 Å². The zero-order valence-corrected chi connectivity index (χ0v) is 12.8. The number of carboxylic acid groups (broad SMARTS) is 1. The van der Waals surface area contributed by atoms with Gasteiger partial charge in [0, 0.05) is 6.54 Å². The highest BCUT2D eigenvalue weighted by Gasteiger charge is 2.50. The molecule has 2 rings (SSSR count).